The lowest BCUT2D eigenvalue weighted by molar-refractivity contribution is -0.138. The summed E-state index contributed by atoms with van der Waals surface area (Å²) in [6, 6.07) is 15.5. The molecule has 0 spiro atoms. The smallest absolute Gasteiger partial charge is 0.338 e. The van der Waals surface area contributed by atoms with Gasteiger partial charge in [-0.2, -0.15) is 0 Å². The van der Waals surface area contributed by atoms with Gasteiger partial charge in [0.1, 0.15) is 12.4 Å². The van der Waals surface area contributed by atoms with Gasteiger partial charge in [0.25, 0.3) is 5.56 Å². The molecule has 1 aliphatic heterocycles. The Morgan fingerprint density at radius 2 is 1.85 bits per heavy atom. The number of hydrogen-bond acceptors (Lipinski definition) is 7. The lowest BCUT2D eigenvalue weighted by Gasteiger charge is -2.24. The molecule has 0 fully saturated rings. The molecule has 8 heteroatoms. The first-order chi connectivity index (χ1) is 16.4. The minimum atomic E-state index is -0.664. The highest BCUT2D eigenvalue weighted by Gasteiger charge is 2.33. The summed E-state index contributed by atoms with van der Waals surface area (Å²) in [5.74, 6) is -0.515. The number of carbonyl (C=O) groups excluding carboxylic acids is 2. The molecule has 2 aromatic carbocycles. The van der Waals surface area contributed by atoms with Crippen molar-refractivity contribution < 1.29 is 19.1 Å². The second-order valence-electron chi connectivity index (χ2n) is 7.54. The van der Waals surface area contributed by atoms with E-state index in [0.717, 1.165) is 11.1 Å². The molecule has 0 saturated carbocycles. The number of hydrogen-bond donors (Lipinski definition) is 0. The summed E-state index contributed by atoms with van der Waals surface area (Å²) in [5.41, 5.74) is 2.10. The molecule has 0 amide bonds. The number of esters is 2. The van der Waals surface area contributed by atoms with Gasteiger partial charge >= 0.3 is 11.9 Å². The van der Waals surface area contributed by atoms with Crippen molar-refractivity contribution >= 4 is 29.4 Å². The van der Waals surface area contributed by atoms with Crippen LogP contribution in [0.2, 0.25) is 0 Å². The lowest BCUT2D eigenvalue weighted by Crippen LogP contribution is -2.39. The molecular weight excluding hydrogens is 452 g/mol. The maximum Gasteiger partial charge on any atom is 0.338 e. The number of benzene rings is 2. The minimum Gasteiger partial charge on any atom is -0.458 e. The van der Waals surface area contributed by atoms with Crippen molar-refractivity contribution in [1.29, 1.82) is 0 Å². The Morgan fingerprint density at radius 1 is 1.15 bits per heavy atom. The van der Waals surface area contributed by atoms with Crippen molar-refractivity contribution in [2.45, 2.75) is 19.9 Å². The molecule has 4 rings (SSSR count). The summed E-state index contributed by atoms with van der Waals surface area (Å²) < 4.78 is 12.4. The zero-order valence-corrected chi connectivity index (χ0v) is 19.5. The van der Waals surface area contributed by atoms with Gasteiger partial charge < -0.3 is 9.47 Å². The summed E-state index contributed by atoms with van der Waals surface area (Å²) in [4.78, 5) is 42.6. The van der Waals surface area contributed by atoms with Gasteiger partial charge in [-0.3, -0.25) is 14.2 Å². The molecule has 0 aliphatic carbocycles. The van der Waals surface area contributed by atoms with E-state index in [9.17, 15) is 14.4 Å². The molecule has 2 heterocycles. The van der Waals surface area contributed by atoms with Gasteiger partial charge in [0, 0.05) is 6.92 Å². The lowest BCUT2D eigenvalue weighted by atomic mass is 9.96. The van der Waals surface area contributed by atoms with Crippen LogP contribution in [0, 0.1) is 0 Å². The minimum absolute atomic E-state index is 0.0604. The van der Waals surface area contributed by atoms with Gasteiger partial charge in [0.15, 0.2) is 4.80 Å². The van der Waals surface area contributed by atoms with Crippen LogP contribution in [0.5, 0.6) is 5.75 Å². The molecule has 1 atom stereocenters. The first-order valence-electron chi connectivity index (χ1n) is 10.5. The van der Waals surface area contributed by atoms with Crippen molar-refractivity contribution in [3.63, 3.8) is 0 Å². The molecule has 3 aromatic rings. The molecule has 0 radical (unpaired) electrons. The van der Waals surface area contributed by atoms with E-state index in [1.165, 1.54) is 28.9 Å². The van der Waals surface area contributed by atoms with E-state index in [1.807, 2.05) is 30.3 Å². The van der Waals surface area contributed by atoms with E-state index in [2.05, 4.69) is 11.6 Å². The third kappa shape index (κ3) is 4.67. The quantitative estimate of drug-likeness (QED) is 0.312. The van der Waals surface area contributed by atoms with Gasteiger partial charge in [-0.15, -0.1) is 0 Å². The average Bonchev–Trinajstić information content (AvgIpc) is 3.12. The molecule has 0 bridgehead atoms. The molecule has 1 aromatic heterocycles. The Balaban J connectivity index is 1.84. The number of fused-ring (bicyclic) bond motifs is 1. The Morgan fingerprint density at radius 3 is 2.50 bits per heavy atom. The zero-order valence-electron chi connectivity index (χ0n) is 18.7. The third-order valence-corrected chi connectivity index (χ3v) is 6.11. The predicted octanol–water partition coefficient (Wildman–Crippen LogP) is 2.89. The van der Waals surface area contributed by atoms with Crippen molar-refractivity contribution in [3.05, 3.63) is 109 Å². The fourth-order valence-corrected chi connectivity index (χ4v) is 4.74. The zero-order chi connectivity index (χ0) is 24.2. The summed E-state index contributed by atoms with van der Waals surface area (Å²) in [6.45, 7) is 6.72. The SMILES string of the molecule is C=CCOC(=O)C1=C(C)N=c2s/c(=C/c3ccc(OC(C)=O)cc3)c(=O)n2[C@H]1c1ccccc1. The average molecular weight is 475 g/mol. The third-order valence-electron chi connectivity index (χ3n) is 5.13. The van der Waals surface area contributed by atoms with Crippen LogP contribution in [-0.2, 0) is 14.3 Å². The van der Waals surface area contributed by atoms with Crippen LogP contribution in [0.25, 0.3) is 6.08 Å². The maximum absolute atomic E-state index is 13.5. The van der Waals surface area contributed by atoms with E-state index in [1.54, 1.807) is 37.3 Å². The van der Waals surface area contributed by atoms with Gasteiger partial charge in [0.05, 0.1) is 21.8 Å². The molecule has 0 saturated heterocycles. The fourth-order valence-electron chi connectivity index (χ4n) is 3.70. The number of carbonyl (C=O) groups is 2. The van der Waals surface area contributed by atoms with Crippen LogP contribution in [0.1, 0.15) is 31.0 Å². The molecule has 172 valence electrons. The Bertz CT molecular complexity index is 1460. The number of aromatic nitrogens is 1. The summed E-state index contributed by atoms with van der Waals surface area (Å²) in [5, 5.41) is 0. The second-order valence-corrected chi connectivity index (χ2v) is 8.55. The first kappa shape index (κ1) is 23.1. The van der Waals surface area contributed by atoms with E-state index < -0.39 is 18.0 Å². The number of rotatable bonds is 6. The van der Waals surface area contributed by atoms with Crippen LogP contribution in [0.4, 0.5) is 0 Å². The Kier molecular flexibility index (Phi) is 6.70. The molecular formula is C26H22N2O5S. The van der Waals surface area contributed by atoms with Gasteiger partial charge in [-0.25, -0.2) is 9.79 Å². The second kappa shape index (κ2) is 9.84. The van der Waals surface area contributed by atoms with Crippen molar-refractivity contribution in [2.75, 3.05) is 6.61 Å². The maximum atomic E-state index is 13.5. The Hall–Kier alpha value is -4.04. The summed E-state index contributed by atoms with van der Waals surface area (Å²) in [7, 11) is 0. The van der Waals surface area contributed by atoms with E-state index >= 15 is 0 Å². The highest BCUT2D eigenvalue weighted by Crippen LogP contribution is 2.30. The van der Waals surface area contributed by atoms with Crippen molar-refractivity contribution in [2.24, 2.45) is 4.99 Å². The largest absolute Gasteiger partial charge is 0.458 e. The highest BCUT2D eigenvalue weighted by molar-refractivity contribution is 7.07. The van der Waals surface area contributed by atoms with Crippen LogP contribution in [-0.4, -0.2) is 23.1 Å². The molecule has 34 heavy (non-hydrogen) atoms. The normalized spacial score (nSPS) is 15.4. The number of ether oxygens (including phenoxy) is 2. The predicted molar refractivity (Wildman–Crippen MR) is 129 cm³/mol. The van der Waals surface area contributed by atoms with Gasteiger partial charge in [-0.05, 0) is 36.3 Å². The van der Waals surface area contributed by atoms with E-state index in [-0.39, 0.29) is 12.2 Å². The number of allylic oxidation sites excluding steroid dienone is 1. The topological polar surface area (TPSA) is 87.0 Å². The number of nitrogens with zero attached hydrogens (tertiary/aromatic N) is 2. The van der Waals surface area contributed by atoms with Crippen LogP contribution in [0.3, 0.4) is 0 Å². The van der Waals surface area contributed by atoms with Gasteiger partial charge in [-0.1, -0.05) is 66.5 Å². The summed E-state index contributed by atoms with van der Waals surface area (Å²) >= 11 is 1.25. The van der Waals surface area contributed by atoms with Crippen molar-refractivity contribution in [3.8, 4) is 5.75 Å². The number of thiazole rings is 1. The molecule has 0 unspecified atom stereocenters. The first-order valence-corrected chi connectivity index (χ1v) is 11.3. The molecule has 0 N–H and O–H groups in total. The Labute approximate surface area is 199 Å². The molecule has 1 aliphatic rings. The van der Waals surface area contributed by atoms with Crippen LogP contribution >= 0.6 is 11.3 Å². The highest BCUT2D eigenvalue weighted by atomic mass is 32.1. The summed E-state index contributed by atoms with van der Waals surface area (Å²) in [6.07, 6.45) is 3.24. The molecule has 7 nitrogen and oxygen atoms in total. The van der Waals surface area contributed by atoms with Crippen molar-refractivity contribution in [1.82, 2.24) is 4.57 Å². The van der Waals surface area contributed by atoms with E-state index in [4.69, 9.17) is 9.47 Å². The standard InChI is InChI=1S/C26H22N2O5S/c1-4-14-32-25(31)22-16(2)27-26-28(23(22)19-8-6-5-7-9-19)24(30)21(34-26)15-18-10-12-20(13-11-18)33-17(3)29/h4-13,15,23H,1,14H2,2-3H3/b21-15+/t23-/m0/s1. The van der Waals surface area contributed by atoms with E-state index in [0.29, 0.717) is 26.4 Å². The van der Waals surface area contributed by atoms with Gasteiger partial charge in [0.2, 0.25) is 0 Å². The monoisotopic (exact) mass is 474 g/mol. The van der Waals surface area contributed by atoms with Crippen LogP contribution < -0.4 is 19.6 Å². The fraction of sp³-hybridized carbons (Fsp3) is 0.154. The van der Waals surface area contributed by atoms with Crippen LogP contribution in [0.15, 0.2) is 88.3 Å².